The molecular formula is C18H21ClFN3O3. The standard InChI is InChI=1S/C18H20FN3O3.ClH/c1-24-13-7-8-15(19)14(9-13)16(25-2)18(23)22-10-11-3-5-12(6-4-11)17(20)21;/h3-9,16H,10H2,1-2H3,(H3,20,21)(H,22,23);1H/t16-;/m0./s1. The summed E-state index contributed by atoms with van der Waals surface area (Å²) in [5.41, 5.74) is 6.92. The van der Waals surface area contributed by atoms with Crippen molar-refractivity contribution < 1.29 is 18.7 Å². The molecule has 26 heavy (non-hydrogen) atoms. The lowest BCUT2D eigenvalue weighted by molar-refractivity contribution is -0.131. The number of nitrogens with two attached hydrogens (primary N) is 1. The van der Waals surface area contributed by atoms with Gasteiger partial charge in [0.05, 0.1) is 7.11 Å². The van der Waals surface area contributed by atoms with E-state index in [9.17, 15) is 9.18 Å². The van der Waals surface area contributed by atoms with Crippen molar-refractivity contribution in [1.82, 2.24) is 5.32 Å². The van der Waals surface area contributed by atoms with Crippen LogP contribution in [0.4, 0.5) is 4.39 Å². The second kappa shape index (κ2) is 9.74. The zero-order valence-electron chi connectivity index (χ0n) is 14.4. The molecule has 0 radical (unpaired) electrons. The van der Waals surface area contributed by atoms with E-state index in [1.165, 1.54) is 32.4 Å². The minimum absolute atomic E-state index is 0. The van der Waals surface area contributed by atoms with E-state index < -0.39 is 17.8 Å². The first-order chi connectivity index (χ1) is 12.0. The summed E-state index contributed by atoms with van der Waals surface area (Å²) >= 11 is 0. The van der Waals surface area contributed by atoms with Gasteiger partial charge in [-0.1, -0.05) is 24.3 Å². The predicted octanol–water partition coefficient (Wildman–Crippen LogP) is 2.54. The number of nitrogens with one attached hydrogen (secondary N) is 2. The summed E-state index contributed by atoms with van der Waals surface area (Å²) in [6, 6.07) is 11.0. The minimum Gasteiger partial charge on any atom is -0.497 e. The molecule has 0 aliphatic carbocycles. The van der Waals surface area contributed by atoms with Crippen molar-refractivity contribution in [3.8, 4) is 5.75 Å². The Labute approximate surface area is 157 Å². The van der Waals surface area contributed by atoms with Crippen LogP contribution in [0.2, 0.25) is 0 Å². The lowest BCUT2D eigenvalue weighted by Gasteiger charge is -2.17. The van der Waals surface area contributed by atoms with Crippen LogP contribution in [-0.2, 0) is 16.1 Å². The lowest BCUT2D eigenvalue weighted by Crippen LogP contribution is -2.30. The van der Waals surface area contributed by atoms with Crippen molar-refractivity contribution in [3.05, 3.63) is 65.0 Å². The number of ether oxygens (including phenoxy) is 2. The van der Waals surface area contributed by atoms with Crippen LogP contribution in [0.25, 0.3) is 0 Å². The van der Waals surface area contributed by atoms with E-state index in [2.05, 4.69) is 5.32 Å². The van der Waals surface area contributed by atoms with E-state index >= 15 is 0 Å². The Balaban J connectivity index is 0.00000338. The van der Waals surface area contributed by atoms with Crippen molar-refractivity contribution in [2.45, 2.75) is 12.6 Å². The van der Waals surface area contributed by atoms with Crippen LogP contribution in [0, 0.1) is 11.2 Å². The Morgan fingerprint density at radius 1 is 1.23 bits per heavy atom. The van der Waals surface area contributed by atoms with Gasteiger partial charge in [-0.25, -0.2) is 4.39 Å². The van der Waals surface area contributed by atoms with E-state index in [-0.39, 0.29) is 30.4 Å². The molecule has 0 aromatic heterocycles. The number of halogens is 2. The summed E-state index contributed by atoms with van der Waals surface area (Å²) in [4.78, 5) is 12.4. The predicted molar refractivity (Wildman–Crippen MR) is 99.3 cm³/mol. The normalized spacial score (nSPS) is 11.2. The molecule has 140 valence electrons. The van der Waals surface area contributed by atoms with Crippen LogP contribution < -0.4 is 15.8 Å². The second-order valence-corrected chi connectivity index (χ2v) is 5.33. The molecule has 0 aliphatic rings. The fraction of sp³-hybridized carbons (Fsp3) is 0.222. The molecule has 2 rings (SSSR count). The first-order valence-corrected chi connectivity index (χ1v) is 7.53. The molecule has 0 saturated heterocycles. The highest BCUT2D eigenvalue weighted by molar-refractivity contribution is 5.94. The van der Waals surface area contributed by atoms with Gasteiger partial charge in [0.25, 0.3) is 5.91 Å². The molecule has 1 amide bonds. The van der Waals surface area contributed by atoms with E-state index in [0.717, 1.165) is 5.56 Å². The molecule has 0 saturated carbocycles. The number of hydrogen-bond donors (Lipinski definition) is 3. The smallest absolute Gasteiger partial charge is 0.254 e. The maximum Gasteiger partial charge on any atom is 0.254 e. The van der Waals surface area contributed by atoms with E-state index in [0.29, 0.717) is 11.3 Å². The molecule has 1 atom stereocenters. The highest BCUT2D eigenvalue weighted by atomic mass is 35.5. The Kier molecular flexibility index (Phi) is 8.02. The Morgan fingerprint density at radius 3 is 2.42 bits per heavy atom. The van der Waals surface area contributed by atoms with Crippen molar-refractivity contribution in [2.24, 2.45) is 5.73 Å². The number of amidine groups is 1. The first-order valence-electron chi connectivity index (χ1n) is 7.53. The number of carbonyl (C=O) groups is 1. The van der Waals surface area contributed by atoms with Gasteiger partial charge in [-0.05, 0) is 23.8 Å². The second-order valence-electron chi connectivity index (χ2n) is 5.33. The quantitative estimate of drug-likeness (QED) is 0.507. The topological polar surface area (TPSA) is 97.4 Å². The lowest BCUT2D eigenvalue weighted by atomic mass is 10.1. The minimum atomic E-state index is -1.09. The van der Waals surface area contributed by atoms with Crippen molar-refractivity contribution in [2.75, 3.05) is 14.2 Å². The number of amides is 1. The Morgan fingerprint density at radius 2 is 1.88 bits per heavy atom. The third-order valence-electron chi connectivity index (χ3n) is 3.69. The van der Waals surface area contributed by atoms with Crippen LogP contribution >= 0.6 is 12.4 Å². The monoisotopic (exact) mass is 381 g/mol. The molecule has 0 aliphatic heterocycles. The molecule has 0 heterocycles. The maximum atomic E-state index is 14.0. The fourth-order valence-corrected chi connectivity index (χ4v) is 2.31. The van der Waals surface area contributed by atoms with Crippen molar-refractivity contribution >= 4 is 24.1 Å². The number of rotatable bonds is 7. The highest BCUT2D eigenvalue weighted by Gasteiger charge is 2.23. The molecule has 0 spiro atoms. The van der Waals surface area contributed by atoms with Gasteiger partial charge >= 0.3 is 0 Å². The van der Waals surface area contributed by atoms with Gasteiger partial charge in [0, 0.05) is 24.8 Å². The molecule has 6 nitrogen and oxygen atoms in total. The number of carbonyl (C=O) groups excluding carboxylic acids is 1. The molecular weight excluding hydrogens is 361 g/mol. The average Bonchev–Trinajstić information content (AvgIpc) is 2.62. The van der Waals surface area contributed by atoms with E-state index in [1.807, 2.05) is 0 Å². The van der Waals surface area contributed by atoms with Gasteiger partial charge in [-0.15, -0.1) is 12.4 Å². The largest absolute Gasteiger partial charge is 0.497 e. The van der Waals surface area contributed by atoms with Gasteiger partial charge in [0.15, 0.2) is 6.10 Å². The maximum absolute atomic E-state index is 14.0. The summed E-state index contributed by atoms with van der Waals surface area (Å²) in [7, 11) is 2.80. The highest BCUT2D eigenvalue weighted by Crippen LogP contribution is 2.25. The van der Waals surface area contributed by atoms with Crippen LogP contribution in [0.3, 0.4) is 0 Å². The van der Waals surface area contributed by atoms with Gasteiger partial charge in [-0.3, -0.25) is 10.2 Å². The summed E-state index contributed by atoms with van der Waals surface area (Å²) < 4.78 is 24.3. The average molecular weight is 382 g/mol. The van der Waals surface area contributed by atoms with Crippen LogP contribution in [0.5, 0.6) is 5.75 Å². The van der Waals surface area contributed by atoms with Crippen molar-refractivity contribution in [1.29, 1.82) is 5.41 Å². The van der Waals surface area contributed by atoms with Gasteiger partial charge in [0.1, 0.15) is 17.4 Å². The number of benzene rings is 2. The zero-order valence-corrected chi connectivity index (χ0v) is 15.2. The fourth-order valence-electron chi connectivity index (χ4n) is 2.31. The summed E-state index contributed by atoms with van der Waals surface area (Å²) in [5.74, 6) is -0.603. The molecule has 2 aromatic carbocycles. The molecule has 0 bridgehead atoms. The van der Waals surface area contributed by atoms with Gasteiger partial charge < -0.3 is 20.5 Å². The van der Waals surface area contributed by atoms with Crippen LogP contribution in [-0.4, -0.2) is 26.0 Å². The third kappa shape index (κ3) is 5.18. The SMILES string of the molecule is COc1ccc(F)c([C@H](OC)C(=O)NCc2ccc(C(=N)N)cc2)c1.Cl. The molecule has 0 fully saturated rings. The van der Waals surface area contributed by atoms with E-state index in [4.69, 9.17) is 20.6 Å². The Bertz CT molecular complexity index is 769. The van der Waals surface area contributed by atoms with Crippen molar-refractivity contribution in [3.63, 3.8) is 0 Å². The molecule has 8 heteroatoms. The van der Waals surface area contributed by atoms with Crippen LogP contribution in [0.15, 0.2) is 42.5 Å². The number of hydrogen-bond acceptors (Lipinski definition) is 4. The van der Waals surface area contributed by atoms with Crippen LogP contribution in [0.1, 0.15) is 22.8 Å². The van der Waals surface area contributed by atoms with Gasteiger partial charge in [-0.2, -0.15) is 0 Å². The summed E-state index contributed by atoms with van der Waals surface area (Å²) in [6.07, 6.45) is -1.09. The zero-order chi connectivity index (χ0) is 18.4. The summed E-state index contributed by atoms with van der Waals surface area (Å²) in [6.45, 7) is 0.239. The molecule has 4 N–H and O–H groups in total. The number of nitrogen functional groups attached to an aromatic ring is 1. The molecule has 0 unspecified atom stereocenters. The Hall–Kier alpha value is -2.64. The van der Waals surface area contributed by atoms with E-state index in [1.54, 1.807) is 24.3 Å². The summed E-state index contributed by atoms with van der Waals surface area (Å²) in [5, 5.41) is 10.1. The third-order valence-corrected chi connectivity index (χ3v) is 3.69. The molecule has 2 aromatic rings. The van der Waals surface area contributed by atoms with Gasteiger partial charge in [0.2, 0.25) is 0 Å². The first kappa shape index (κ1) is 21.4. The number of methoxy groups -OCH3 is 2.